The second-order valence-electron chi connectivity index (χ2n) is 43.8. The quantitative estimate of drug-likeness (QED) is 0.0279. The summed E-state index contributed by atoms with van der Waals surface area (Å²) < 4.78 is 212. The second-order valence-corrected chi connectivity index (χ2v) is 50.3. The summed E-state index contributed by atoms with van der Waals surface area (Å²) in [5, 5.41) is 40.9. The first kappa shape index (κ1) is 134. The van der Waals surface area contributed by atoms with Crippen molar-refractivity contribution in [3.63, 3.8) is 0 Å². The first-order chi connectivity index (χ1) is 68.4. The van der Waals surface area contributed by atoms with Gasteiger partial charge in [0.1, 0.15) is 83.1 Å². The molecule has 7 aliphatic heterocycles. The van der Waals surface area contributed by atoms with Crippen LogP contribution >= 0.6 is 39.1 Å². The van der Waals surface area contributed by atoms with Crippen LogP contribution < -0.4 is 30.2 Å². The normalized spacial score (nSPS) is 36.7. The Labute approximate surface area is 879 Å². The molecule has 6 N–H and O–H groups in total. The standard InChI is InChI=1S/C21H39O8P.C20H38NO8P.C20H37O9P.C20H37O8P.C19H35O9P/c1-12(2)25-11-18-17(10-22)14(5)8-19(18)29-30(23,24)28-16(7)21-20(26-13(3)4)9-15(6)27-21;1-11(2)25-10-16-15(9-21)13(5)7-17(16)28-30(23,24)29-20(22)19-18(26-12(3)4)8-14(6)27-19;1-12(2)24-11-20(10-21)18(9-15(6)27-20)29-30(22,23)28-16(7)19-17(25-13(3)4)8-14(5)26-19;1-12(2)24-11-20(21)10-14(5)8-18(20)28-29(22,23)27-16(7)19-17(25-13(3)4)9-15(6)26-19;1-10(2)23-9-16-19(17(20)13(6)26-16)28-29(21,22)27-14(7)18-15(24-11(3)4)8-12(5)25-18/h12-15,17-22H,7-11H2,1-6H3,(H,23,24);11-19H,7-10,21H2,1-6H3,(H,23,24);12-15,17-19,21H,7-11H2,1-6H3,(H,22,23);12-15,17-19,21H,7-11H2,1-6H3,(H,22,23);10-13,15-20H,7-9H2,1-6H3,(H,21,22)/p-5/t14-,15-,17?,18-,19+,20+,21+;13-,14-,15?,16-,17+,18+,19-;14-,15-,17+,18+,19+,20+;14-,15-,17+,18+,19+,20-;12-,13-,15+,16+,17?,18+,19-/m00000/s1. The topological polar surface area (TPSA) is 574 Å². The molecule has 3 aliphatic carbocycles. The van der Waals surface area contributed by atoms with Gasteiger partial charge in [0.05, 0.1) is 192 Å². The lowest BCUT2D eigenvalue weighted by Crippen LogP contribution is -2.49. The molecule has 868 valence electrons. The predicted molar refractivity (Wildman–Crippen MR) is 536 cm³/mol. The Morgan fingerprint density at radius 2 is 0.689 bits per heavy atom. The van der Waals surface area contributed by atoms with Crippen molar-refractivity contribution in [1.82, 2.24) is 0 Å². The lowest BCUT2D eigenvalue weighted by atomic mass is 9.91. The molecule has 8 unspecified atom stereocenters. The molecule has 10 fully saturated rings. The maximum absolute atomic E-state index is 12.7. The van der Waals surface area contributed by atoms with Gasteiger partial charge in [-0.05, 0) is 249 Å². The van der Waals surface area contributed by atoms with Gasteiger partial charge in [-0.15, -0.1) is 0 Å². The van der Waals surface area contributed by atoms with E-state index in [1.807, 2.05) is 187 Å². The van der Waals surface area contributed by atoms with E-state index in [0.29, 0.717) is 77.5 Å². The zero-order valence-corrected chi connectivity index (χ0v) is 97.3. The minimum absolute atomic E-state index is 0.00346. The number of nitrogens with two attached hydrogens (primary N) is 1. The van der Waals surface area contributed by atoms with Crippen LogP contribution in [0.2, 0.25) is 0 Å². The lowest BCUT2D eigenvalue weighted by molar-refractivity contribution is -0.237. The minimum atomic E-state index is -4.91. The van der Waals surface area contributed by atoms with E-state index in [9.17, 15) is 72.5 Å². The molecule has 0 radical (unpaired) electrons. The molecule has 48 heteroatoms. The number of aliphatic hydroxyl groups excluding tert-OH is 3. The summed E-state index contributed by atoms with van der Waals surface area (Å²) in [5.74, 6) is -1.46. The molecular weight excluding hydrogens is 2040 g/mol. The molecule has 0 amide bonds. The lowest BCUT2D eigenvalue weighted by Gasteiger charge is -2.36. The van der Waals surface area contributed by atoms with Crippen LogP contribution in [0.3, 0.4) is 0 Å². The Balaban J connectivity index is 0.000000282. The average molecular weight is 2220 g/mol. The Hall–Kier alpha value is -2.50. The molecule has 10 aliphatic rings. The zero-order valence-electron chi connectivity index (χ0n) is 92.8. The molecule has 7 heterocycles. The van der Waals surface area contributed by atoms with Gasteiger partial charge >= 0.3 is 45.1 Å². The highest BCUT2D eigenvalue weighted by Crippen LogP contribution is 2.56. The van der Waals surface area contributed by atoms with Gasteiger partial charge in [-0.2, -0.15) is 0 Å². The van der Waals surface area contributed by atoms with Crippen LogP contribution in [0.1, 0.15) is 272 Å². The number of ether oxygens (including phenoxy) is 17. The molecule has 38 atom stereocenters. The number of phosphoric acid groups is 5. The Morgan fingerprint density at radius 1 is 0.372 bits per heavy atom. The van der Waals surface area contributed by atoms with Crippen molar-refractivity contribution < 1.29 is 198 Å². The van der Waals surface area contributed by atoms with Crippen LogP contribution in [0, 0.1) is 41.4 Å². The summed E-state index contributed by atoms with van der Waals surface area (Å²) in [4.78, 5) is 75.5. The molecule has 148 heavy (non-hydrogen) atoms. The molecule has 7 saturated heterocycles. The third kappa shape index (κ3) is 43.3. The average Bonchev–Trinajstić information content (AvgIpc) is 1.63. The van der Waals surface area contributed by atoms with Crippen LogP contribution in [-0.2, 0) is 153 Å². The van der Waals surface area contributed by atoms with Crippen LogP contribution in [0.5, 0.6) is 0 Å². The molecule has 0 bridgehead atoms. The number of carbonyl (C=O) groups excluding carboxylic acids is 1. The number of rotatable bonds is 52. The summed E-state index contributed by atoms with van der Waals surface area (Å²) in [5.41, 5.74) is 3.22. The Bertz CT molecular complexity index is 4100. The minimum Gasteiger partial charge on any atom is -0.746 e. The fraction of sp³-hybridized carbons (Fsp3) is 0.910. The van der Waals surface area contributed by atoms with Crippen molar-refractivity contribution in [2.24, 2.45) is 47.2 Å². The molecule has 0 aromatic carbocycles. The highest BCUT2D eigenvalue weighted by Gasteiger charge is 2.55. The maximum Gasteiger partial charge on any atom is 0.343 e. The van der Waals surface area contributed by atoms with E-state index in [1.165, 1.54) is 0 Å². The number of aliphatic hydroxyl groups is 4. The van der Waals surface area contributed by atoms with Crippen LogP contribution in [0.15, 0.2) is 49.4 Å². The molecule has 43 nitrogen and oxygen atoms in total. The molecule has 0 spiro atoms. The maximum atomic E-state index is 12.7. The number of carbonyl (C=O) groups is 1. The third-order valence-electron chi connectivity index (χ3n) is 26.3. The Morgan fingerprint density at radius 3 is 1.04 bits per heavy atom. The van der Waals surface area contributed by atoms with Crippen LogP contribution in [0.25, 0.3) is 0 Å². The summed E-state index contributed by atoms with van der Waals surface area (Å²) in [6.45, 7) is 71.7. The first-order valence-corrected chi connectivity index (χ1v) is 59.8. The van der Waals surface area contributed by atoms with Gasteiger partial charge in [-0.1, -0.05) is 47.1 Å². The Kier molecular flexibility index (Phi) is 54.5. The van der Waals surface area contributed by atoms with Crippen LogP contribution in [-0.4, -0.2) is 298 Å². The monoisotopic (exact) mass is 2220 g/mol. The molecule has 3 saturated carbocycles. The van der Waals surface area contributed by atoms with Crippen molar-refractivity contribution in [3.8, 4) is 0 Å². The summed E-state index contributed by atoms with van der Waals surface area (Å²) in [6, 6.07) is 0. The molecule has 10 rings (SSSR count). The molecule has 0 aromatic rings. The van der Waals surface area contributed by atoms with E-state index in [4.69, 9.17) is 131 Å². The number of hydrogen-bond donors (Lipinski definition) is 5. The van der Waals surface area contributed by atoms with Gasteiger partial charge in [-0.25, -0.2) is 4.79 Å². The van der Waals surface area contributed by atoms with E-state index in [2.05, 4.69) is 26.3 Å². The number of phosphoric ester groups is 5. The number of hydrogen-bond acceptors (Lipinski definition) is 43. The summed E-state index contributed by atoms with van der Waals surface area (Å²) in [6.07, 6.45) is -9.45. The zero-order chi connectivity index (χ0) is 112. The van der Waals surface area contributed by atoms with Crippen molar-refractivity contribution in [2.75, 3.05) is 52.8 Å². The van der Waals surface area contributed by atoms with Gasteiger partial charge < -0.3 is 176 Å². The van der Waals surface area contributed by atoms with Gasteiger partial charge in [0.2, 0.25) is 0 Å². The van der Waals surface area contributed by atoms with Gasteiger partial charge in [-0.3, -0.25) is 22.8 Å². The first-order valence-electron chi connectivity index (χ1n) is 52.5. The fourth-order valence-electron chi connectivity index (χ4n) is 19.9. The van der Waals surface area contributed by atoms with Crippen molar-refractivity contribution in [2.45, 2.75) is 491 Å². The third-order valence-corrected chi connectivity index (χ3v) is 31.1. The van der Waals surface area contributed by atoms with Gasteiger partial charge in [0, 0.05) is 57.0 Å². The second kappa shape index (κ2) is 60.1. The van der Waals surface area contributed by atoms with Gasteiger partial charge in [0.15, 0.2) is 6.10 Å². The van der Waals surface area contributed by atoms with Crippen LogP contribution in [0.4, 0.5) is 0 Å². The SMILES string of the molecule is C=C(OP(=O)([O-])O[C@@H]1C(O)[C@H](C)O[C@@H]1COC(C)C)[C@H]1O[C@@H](C)C[C@H]1OC(C)C.C=C(OP(=O)([O-])O[C@@H]1C[C@H](C)C(CO)[C@@H]1COC(C)C)[C@H]1O[C@@H](C)C[C@H]1OC(C)C.C=C(OP(=O)([O-])O[C@@H]1C[C@H](C)C[C@]1(O)COC(C)C)[C@H]1O[C@@H](C)C[C@H]1OC(C)C.C=C(OP(=O)([O-])O[C@@H]1C[C@H](C)O[C@]1(CO)COC(C)C)[C@H]1O[C@@H](C)C[C@H]1OC(C)C.CC(C)OC[C@H]1C(CN)[C@@H](C)C[C@H]1OP(=O)([O-])OC(=O)[C@H]1O[C@@H](C)C[C@H]1OC(C)C. The predicted octanol–water partition coefficient (Wildman–Crippen LogP) is 12.2. The van der Waals surface area contributed by atoms with Crippen molar-refractivity contribution in [1.29, 1.82) is 0 Å². The smallest absolute Gasteiger partial charge is 0.343 e. The highest BCUT2D eigenvalue weighted by molar-refractivity contribution is 7.47. The van der Waals surface area contributed by atoms with E-state index < -0.39 is 148 Å². The molecule has 0 aromatic heterocycles. The van der Waals surface area contributed by atoms with Crippen molar-refractivity contribution in [3.05, 3.63) is 49.4 Å². The van der Waals surface area contributed by atoms with E-state index in [0.717, 1.165) is 0 Å². The van der Waals surface area contributed by atoms with Gasteiger partial charge in [0.25, 0.3) is 0 Å². The van der Waals surface area contributed by atoms with E-state index in [-0.39, 0.29) is 219 Å². The van der Waals surface area contributed by atoms with Crippen molar-refractivity contribution >= 4 is 45.1 Å². The summed E-state index contributed by atoms with van der Waals surface area (Å²) in [7, 11) is -24.1. The fourth-order valence-corrected chi connectivity index (χ4v) is 24.9. The highest BCUT2D eigenvalue weighted by atomic mass is 31.2. The van der Waals surface area contributed by atoms with E-state index >= 15 is 0 Å². The largest absolute Gasteiger partial charge is 0.746 e. The summed E-state index contributed by atoms with van der Waals surface area (Å²) >= 11 is 0. The van der Waals surface area contributed by atoms with E-state index in [1.54, 1.807) is 20.8 Å². The molecular formula is C100H181NO42P5-5.